The van der Waals surface area contributed by atoms with Crippen LogP contribution in [-0.2, 0) is 14.4 Å². The average Bonchev–Trinajstić information content (AvgIpc) is 2.44. The van der Waals surface area contributed by atoms with E-state index in [1.54, 1.807) is 29.7 Å². The smallest absolute Gasteiger partial charge is 0.325 e. The van der Waals surface area contributed by atoms with E-state index in [-0.39, 0.29) is 6.42 Å². The summed E-state index contributed by atoms with van der Waals surface area (Å²) in [7, 11) is 0. The quantitative estimate of drug-likeness (QED) is 0.732. The van der Waals surface area contributed by atoms with E-state index in [9.17, 15) is 27.6 Å². The second-order valence-electron chi connectivity index (χ2n) is 4.03. The first kappa shape index (κ1) is 17.8. The van der Waals surface area contributed by atoms with Gasteiger partial charge >= 0.3 is 12.1 Å². The summed E-state index contributed by atoms with van der Waals surface area (Å²) in [6.45, 7) is 0. The molecule has 1 rings (SSSR count). The van der Waals surface area contributed by atoms with Crippen LogP contribution >= 0.6 is 11.6 Å². The zero-order valence-electron chi connectivity index (χ0n) is 11.0. The number of hydrogen-bond acceptors (Lipinski definition) is 3. The Morgan fingerprint density at radius 1 is 1.00 bits per heavy atom. The van der Waals surface area contributed by atoms with Crippen molar-refractivity contribution in [2.75, 3.05) is 5.32 Å². The van der Waals surface area contributed by atoms with Crippen molar-refractivity contribution in [1.82, 2.24) is 10.9 Å². The molecule has 0 atom stereocenters. The lowest BCUT2D eigenvalue weighted by atomic mass is 10.2. The van der Waals surface area contributed by atoms with Gasteiger partial charge in [-0.25, -0.2) is 0 Å². The van der Waals surface area contributed by atoms with Gasteiger partial charge in [0.1, 0.15) is 0 Å². The van der Waals surface area contributed by atoms with E-state index < -0.39 is 30.3 Å². The first-order chi connectivity index (χ1) is 10.2. The Bertz CT molecular complexity index is 578. The molecule has 120 valence electrons. The number of para-hydroxylation sites is 1. The molecule has 0 aromatic heterocycles. The van der Waals surface area contributed by atoms with Crippen molar-refractivity contribution in [3.05, 3.63) is 29.3 Å². The van der Waals surface area contributed by atoms with E-state index in [2.05, 4.69) is 5.32 Å². The fourth-order valence-corrected chi connectivity index (χ4v) is 1.45. The van der Waals surface area contributed by atoms with Crippen LogP contribution in [0.2, 0.25) is 5.02 Å². The molecule has 22 heavy (non-hydrogen) atoms. The number of nitrogens with one attached hydrogen (secondary N) is 3. The molecule has 3 amide bonds. The standard InChI is InChI=1S/C12H11ClF3N3O3/c13-7-3-1-2-4-8(7)17-9(20)5-6-10(21)18-19-11(22)12(14,15)16/h1-4H,5-6H2,(H,17,20)(H,18,21)(H,19,22). The van der Waals surface area contributed by atoms with Crippen molar-refractivity contribution < 1.29 is 27.6 Å². The first-order valence-corrected chi connectivity index (χ1v) is 6.28. The van der Waals surface area contributed by atoms with Gasteiger partial charge in [-0.2, -0.15) is 13.2 Å². The van der Waals surface area contributed by atoms with Gasteiger partial charge in [0.15, 0.2) is 0 Å². The fraction of sp³-hybridized carbons (Fsp3) is 0.250. The molecule has 0 fully saturated rings. The predicted octanol–water partition coefficient (Wildman–Crippen LogP) is 1.77. The molecule has 0 bridgehead atoms. The molecule has 0 aliphatic heterocycles. The Kier molecular flexibility index (Phi) is 6.17. The Morgan fingerprint density at radius 3 is 2.18 bits per heavy atom. The number of anilines is 1. The maximum Gasteiger partial charge on any atom is 0.472 e. The van der Waals surface area contributed by atoms with Crippen molar-refractivity contribution in [2.24, 2.45) is 0 Å². The first-order valence-electron chi connectivity index (χ1n) is 5.90. The second kappa shape index (κ2) is 7.64. The highest BCUT2D eigenvalue weighted by atomic mass is 35.5. The van der Waals surface area contributed by atoms with Crippen LogP contribution < -0.4 is 16.2 Å². The Balaban J connectivity index is 2.34. The van der Waals surface area contributed by atoms with Crippen molar-refractivity contribution in [1.29, 1.82) is 0 Å². The molecular formula is C12H11ClF3N3O3. The van der Waals surface area contributed by atoms with Crippen molar-refractivity contribution in [3.8, 4) is 0 Å². The summed E-state index contributed by atoms with van der Waals surface area (Å²) in [4.78, 5) is 33.2. The van der Waals surface area contributed by atoms with Gasteiger partial charge in [-0.15, -0.1) is 0 Å². The highest BCUT2D eigenvalue weighted by molar-refractivity contribution is 6.33. The number of carbonyl (C=O) groups is 3. The molecule has 0 aliphatic carbocycles. The number of amides is 3. The summed E-state index contributed by atoms with van der Waals surface area (Å²) in [5, 5.41) is 2.74. The number of rotatable bonds is 4. The molecule has 0 saturated heterocycles. The highest BCUT2D eigenvalue weighted by Gasteiger charge is 2.38. The highest BCUT2D eigenvalue weighted by Crippen LogP contribution is 2.20. The molecule has 6 nitrogen and oxygen atoms in total. The summed E-state index contributed by atoms with van der Waals surface area (Å²) in [6.07, 6.45) is -5.80. The molecule has 1 aromatic rings. The van der Waals surface area contributed by atoms with Gasteiger partial charge in [-0.05, 0) is 12.1 Å². The predicted molar refractivity (Wildman–Crippen MR) is 71.7 cm³/mol. The van der Waals surface area contributed by atoms with E-state index in [4.69, 9.17) is 11.6 Å². The number of halogens is 4. The Morgan fingerprint density at radius 2 is 1.59 bits per heavy atom. The molecule has 0 heterocycles. The molecule has 0 radical (unpaired) electrons. The SMILES string of the molecule is O=C(CCC(=O)Nc1ccccc1Cl)NNC(=O)C(F)(F)F. The topological polar surface area (TPSA) is 87.3 Å². The van der Waals surface area contributed by atoms with Crippen molar-refractivity contribution >= 4 is 35.0 Å². The molecule has 3 N–H and O–H groups in total. The fourth-order valence-electron chi connectivity index (χ4n) is 1.26. The summed E-state index contributed by atoms with van der Waals surface area (Å²) >= 11 is 5.81. The number of alkyl halides is 3. The van der Waals surface area contributed by atoms with E-state index in [0.29, 0.717) is 10.7 Å². The molecule has 0 unspecified atom stereocenters. The second-order valence-corrected chi connectivity index (χ2v) is 4.44. The van der Waals surface area contributed by atoms with E-state index in [1.807, 2.05) is 0 Å². The Labute approximate surface area is 128 Å². The number of carbonyl (C=O) groups excluding carboxylic acids is 3. The number of benzene rings is 1. The summed E-state index contributed by atoms with van der Waals surface area (Å²) in [5.41, 5.74) is 3.09. The van der Waals surface area contributed by atoms with Crippen LogP contribution in [0.25, 0.3) is 0 Å². The summed E-state index contributed by atoms with van der Waals surface area (Å²) in [5.74, 6) is -3.79. The van der Waals surface area contributed by atoms with Crippen LogP contribution in [0, 0.1) is 0 Å². The van der Waals surface area contributed by atoms with Gasteiger partial charge in [0, 0.05) is 12.8 Å². The van der Waals surface area contributed by atoms with Crippen LogP contribution in [0.3, 0.4) is 0 Å². The normalized spacial score (nSPS) is 10.7. The van der Waals surface area contributed by atoms with Crippen LogP contribution in [0.15, 0.2) is 24.3 Å². The largest absolute Gasteiger partial charge is 0.472 e. The number of hydrogen-bond donors (Lipinski definition) is 3. The van der Waals surface area contributed by atoms with Gasteiger partial charge in [-0.3, -0.25) is 25.2 Å². The van der Waals surface area contributed by atoms with Crippen LogP contribution in [-0.4, -0.2) is 23.9 Å². The zero-order chi connectivity index (χ0) is 16.8. The van der Waals surface area contributed by atoms with Gasteiger partial charge in [0.05, 0.1) is 10.7 Å². The maximum atomic E-state index is 11.9. The van der Waals surface area contributed by atoms with Crippen molar-refractivity contribution in [2.45, 2.75) is 19.0 Å². The maximum absolute atomic E-state index is 11.9. The van der Waals surface area contributed by atoms with Crippen LogP contribution in [0.4, 0.5) is 18.9 Å². The van der Waals surface area contributed by atoms with E-state index in [1.165, 1.54) is 5.43 Å². The van der Waals surface area contributed by atoms with Crippen LogP contribution in [0.5, 0.6) is 0 Å². The van der Waals surface area contributed by atoms with Crippen molar-refractivity contribution in [3.63, 3.8) is 0 Å². The third-order valence-corrected chi connectivity index (χ3v) is 2.63. The molecule has 0 spiro atoms. The molecule has 0 saturated carbocycles. The monoisotopic (exact) mass is 337 g/mol. The van der Waals surface area contributed by atoms with E-state index in [0.717, 1.165) is 0 Å². The lowest BCUT2D eigenvalue weighted by Crippen LogP contribution is -2.47. The minimum Gasteiger partial charge on any atom is -0.325 e. The lowest BCUT2D eigenvalue weighted by Gasteiger charge is -2.09. The van der Waals surface area contributed by atoms with Gasteiger partial charge in [0.2, 0.25) is 11.8 Å². The zero-order valence-corrected chi connectivity index (χ0v) is 11.7. The molecule has 1 aromatic carbocycles. The number of hydrazine groups is 1. The summed E-state index contributed by atoms with van der Waals surface area (Å²) in [6, 6.07) is 6.40. The minimum atomic E-state index is -5.10. The third-order valence-electron chi connectivity index (χ3n) is 2.30. The average molecular weight is 338 g/mol. The molecule has 10 heteroatoms. The van der Waals surface area contributed by atoms with Gasteiger partial charge in [0.25, 0.3) is 0 Å². The minimum absolute atomic E-state index is 0.293. The molecular weight excluding hydrogens is 327 g/mol. The van der Waals surface area contributed by atoms with Gasteiger partial charge in [-0.1, -0.05) is 23.7 Å². The molecule has 0 aliphatic rings. The van der Waals surface area contributed by atoms with E-state index >= 15 is 0 Å². The summed E-state index contributed by atoms with van der Waals surface area (Å²) < 4.78 is 35.6. The van der Waals surface area contributed by atoms with Gasteiger partial charge < -0.3 is 5.32 Å². The third kappa shape index (κ3) is 6.00. The Hall–Kier alpha value is -2.29. The lowest BCUT2D eigenvalue weighted by molar-refractivity contribution is -0.175. The van der Waals surface area contributed by atoms with Crippen LogP contribution in [0.1, 0.15) is 12.8 Å².